The molecule has 10 heteroatoms. The fraction of sp³-hybridized carbons (Fsp3) is 0.690. The summed E-state index contributed by atoms with van der Waals surface area (Å²) in [6, 6.07) is 8.70. The molecule has 0 bridgehead atoms. The van der Waals surface area contributed by atoms with Crippen molar-refractivity contribution in [2.45, 2.75) is 102 Å². The highest BCUT2D eigenvalue weighted by Gasteiger charge is 2.49. The van der Waals surface area contributed by atoms with Gasteiger partial charge in [-0.2, -0.15) is 0 Å². The number of piperidine rings is 1. The lowest BCUT2D eigenvalue weighted by atomic mass is 9.67. The van der Waals surface area contributed by atoms with E-state index in [0.29, 0.717) is 57.5 Å². The Kier molecular flexibility index (Phi) is 10.7. The van der Waals surface area contributed by atoms with Gasteiger partial charge in [0.25, 0.3) is 0 Å². The topological polar surface area (TPSA) is 110 Å². The average Bonchev–Trinajstić information content (AvgIpc) is 3.48. The van der Waals surface area contributed by atoms with Gasteiger partial charge in [0.15, 0.2) is 0 Å². The molecule has 2 aliphatic rings. The molecule has 0 radical (unpaired) electrons. The molecule has 2 fully saturated rings. The first-order valence-electron chi connectivity index (χ1n) is 14.5. The van der Waals surface area contributed by atoms with Gasteiger partial charge in [-0.1, -0.05) is 69.4 Å². The summed E-state index contributed by atoms with van der Waals surface area (Å²) in [7, 11) is 0. The maximum absolute atomic E-state index is 15.9. The van der Waals surface area contributed by atoms with Gasteiger partial charge in [0.1, 0.15) is 24.1 Å². The van der Waals surface area contributed by atoms with Crippen molar-refractivity contribution >= 4 is 12.1 Å². The van der Waals surface area contributed by atoms with Crippen LogP contribution in [0.2, 0.25) is 0 Å². The monoisotopic (exact) mass is 543 g/mol. The number of aromatic nitrogens is 4. The highest BCUT2D eigenvalue weighted by molar-refractivity contribution is 5.81. The minimum Gasteiger partial charge on any atom is -0.464 e. The van der Waals surface area contributed by atoms with Crippen LogP contribution < -0.4 is 0 Å². The average molecular weight is 544 g/mol. The summed E-state index contributed by atoms with van der Waals surface area (Å²) in [6.07, 6.45) is 8.57. The molecule has 0 spiro atoms. The molecule has 1 N–H and O–H groups in total. The number of nitrogens with one attached hydrogen (secondary N) is 1. The number of nitrogens with zero attached hydrogens (tertiary/aromatic N) is 4. The molecule has 1 aromatic heterocycles. The smallest absolute Gasteiger partial charge is 0.410 e. The number of amides is 1. The highest BCUT2D eigenvalue weighted by Crippen LogP contribution is 2.46. The molecule has 2 heterocycles. The van der Waals surface area contributed by atoms with Gasteiger partial charge in [-0.15, -0.1) is 5.10 Å². The van der Waals surface area contributed by atoms with Crippen molar-refractivity contribution in [2.75, 3.05) is 13.2 Å². The van der Waals surface area contributed by atoms with Crippen molar-refractivity contribution < 1.29 is 23.5 Å². The molecule has 4 atom stereocenters. The number of unbranched alkanes of at least 4 members (excludes halogenated alkanes) is 5. The third kappa shape index (κ3) is 8.47. The first kappa shape index (κ1) is 29.0. The van der Waals surface area contributed by atoms with Gasteiger partial charge in [-0.3, -0.25) is 4.90 Å². The number of ether oxygens (including phenoxy) is 2. The summed E-state index contributed by atoms with van der Waals surface area (Å²) in [5.41, 5.74) is -0.471. The molecular weight excluding hydrogens is 501 g/mol. The fourth-order valence-corrected chi connectivity index (χ4v) is 5.96. The fourth-order valence-electron chi connectivity index (χ4n) is 5.96. The van der Waals surface area contributed by atoms with Gasteiger partial charge in [-0.05, 0) is 66.4 Å². The van der Waals surface area contributed by atoms with Crippen LogP contribution in [0, 0.1) is 11.8 Å². The third-order valence-electron chi connectivity index (χ3n) is 8.24. The Hall–Kier alpha value is -3.04. The lowest BCUT2D eigenvalue weighted by molar-refractivity contribution is -0.154. The minimum atomic E-state index is -1.35. The van der Waals surface area contributed by atoms with E-state index in [1.54, 1.807) is 0 Å². The highest BCUT2D eigenvalue weighted by atomic mass is 19.1. The van der Waals surface area contributed by atoms with E-state index in [2.05, 4.69) is 27.5 Å². The van der Waals surface area contributed by atoms with Crippen molar-refractivity contribution in [2.24, 2.45) is 11.8 Å². The van der Waals surface area contributed by atoms with Crippen LogP contribution in [0.15, 0.2) is 30.3 Å². The molecule has 1 aliphatic heterocycles. The molecule has 2 unspecified atom stereocenters. The van der Waals surface area contributed by atoms with E-state index in [4.69, 9.17) is 9.47 Å². The van der Waals surface area contributed by atoms with Crippen LogP contribution in [0.1, 0.15) is 88.9 Å². The molecular formula is C29H42FN5O4. The zero-order chi connectivity index (χ0) is 27.5. The van der Waals surface area contributed by atoms with Crippen LogP contribution in [-0.2, 0) is 27.3 Å². The number of aromatic amines is 1. The second-order valence-corrected chi connectivity index (χ2v) is 11.1. The number of aryl methyl sites for hydroxylation is 1. The number of likely N-dealkylation sites (tertiary alicyclic amines) is 1. The van der Waals surface area contributed by atoms with Crippen molar-refractivity contribution in [3.05, 3.63) is 41.7 Å². The first-order valence-corrected chi connectivity index (χ1v) is 14.5. The maximum Gasteiger partial charge on any atom is 0.410 e. The molecule has 1 saturated carbocycles. The Bertz CT molecular complexity index is 1020. The number of halogens is 1. The summed E-state index contributed by atoms with van der Waals surface area (Å²) in [5, 5.41) is 13.7. The Morgan fingerprint density at radius 2 is 1.90 bits per heavy atom. The predicted octanol–water partition coefficient (Wildman–Crippen LogP) is 5.57. The Labute approximate surface area is 230 Å². The molecule has 39 heavy (non-hydrogen) atoms. The van der Waals surface area contributed by atoms with Crippen LogP contribution >= 0.6 is 0 Å². The molecule has 1 aromatic carbocycles. The van der Waals surface area contributed by atoms with Gasteiger partial charge < -0.3 is 9.47 Å². The molecule has 2 aromatic rings. The predicted molar refractivity (Wildman–Crippen MR) is 143 cm³/mol. The van der Waals surface area contributed by atoms with Crippen molar-refractivity contribution in [3.8, 4) is 0 Å². The number of hydrogen-bond donors (Lipinski definition) is 1. The molecule has 1 aliphatic carbocycles. The van der Waals surface area contributed by atoms with Crippen molar-refractivity contribution in [3.63, 3.8) is 0 Å². The number of tetrazole rings is 1. The molecule has 1 saturated heterocycles. The van der Waals surface area contributed by atoms with Crippen LogP contribution in [0.25, 0.3) is 0 Å². The Balaban J connectivity index is 1.36. The number of carbonyl (C=O) groups excluding carboxylic acids is 2. The van der Waals surface area contributed by atoms with Crippen LogP contribution in [0.5, 0.6) is 0 Å². The van der Waals surface area contributed by atoms with E-state index in [1.807, 2.05) is 30.3 Å². The zero-order valence-electron chi connectivity index (χ0n) is 23.0. The van der Waals surface area contributed by atoms with E-state index in [1.165, 1.54) is 24.2 Å². The third-order valence-corrected chi connectivity index (χ3v) is 8.24. The summed E-state index contributed by atoms with van der Waals surface area (Å²) in [6.45, 7) is 3.02. The molecule has 1 amide bonds. The summed E-state index contributed by atoms with van der Waals surface area (Å²) < 4.78 is 27.2. The van der Waals surface area contributed by atoms with E-state index < -0.39 is 23.8 Å². The van der Waals surface area contributed by atoms with E-state index in [-0.39, 0.29) is 18.4 Å². The number of alkyl halides is 1. The number of rotatable bonds is 13. The van der Waals surface area contributed by atoms with Crippen LogP contribution in [0.4, 0.5) is 9.18 Å². The SMILES string of the molecule is CCCCCCCCOC(=O)C1C[C@H]2CC(F)(CCc3nnn[nH]3)CC[C@H]2CN1C(=O)OCc1ccccc1. The van der Waals surface area contributed by atoms with Crippen LogP contribution in [-0.4, -0.2) is 62.4 Å². The second kappa shape index (κ2) is 14.4. The van der Waals surface area contributed by atoms with E-state index >= 15 is 4.39 Å². The molecule has 4 rings (SSSR count). The maximum atomic E-state index is 15.9. The number of carbonyl (C=O) groups is 2. The van der Waals surface area contributed by atoms with E-state index in [0.717, 1.165) is 24.8 Å². The number of fused-ring (bicyclic) bond motifs is 1. The summed E-state index contributed by atoms with van der Waals surface area (Å²) in [4.78, 5) is 28.0. The largest absolute Gasteiger partial charge is 0.464 e. The second-order valence-electron chi connectivity index (χ2n) is 11.1. The van der Waals surface area contributed by atoms with Crippen LogP contribution in [0.3, 0.4) is 0 Å². The van der Waals surface area contributed by atoms with Crippen molar-refractivity contribution in [1.29, 1.82) is 0 Å². The lowest BCUT2D eigenvalue weighted by Crippen LogP contribution is -2.56. The molecule has 214 valence electrons. The minimum absolute atomic E-state index is 0.0126. The van der Waals surface area contributed by atoms with Crippen molar-refractivity contribution in [1.82, 2.24) is 25.5 Å². The summed E-state index contributed by atoms with van der Waals surface area (Å²) >= 11 is 0. The zero-order valence-corrected chi connectivity index (χ0v) is 23.0. The first-order chi connectivity index (χ1) is 19.0. The standard InChI is InChI=1S/C29H42FN5O4/c1-2-3-4-5-6-10-17-38-27(36)25-18-24-19-29(30,16-14-26-31-33-34-32-26)15-13-23(24)20-35(25)28(37)39-21-22-11-8-7-9-12-22/h7-9,11-12,23-25H,2-6,10,13-21H2,1H3,(H,31,32,33,34)/t23-,24-,25?,29?/m0/s1. The Morgan fingerprint density at radius 3 is 2.67 bits per heavy atom. The number of hydrogen-bond acceptors (Lipinski definition) is 7. The number of esters is 1. The molecule has 9 nitrogen and oxygen atoms in total. The van der Waals surface area contributed by atoms with Gasteiger partial charge in [0.2, 0.25) is 0 Å². The number of H-pyrrole nitrogens is 1. The van der Waals surface area contributed by atoms with Gasteiger partial charge in [0.05, 0.1) is 6.61 Å². The normalized spacial score (nSPS) is 24.7. The van der Waals surface area contributed by atoms with Gasteiger partial charge in [0, 0.05) is 13.0 Å². The lowest BCUT2D eigenvalue weighted by Gasteiger charge is -2.47. The number of benzene rings is 1. The quantitative estimate of drug-likeness (QED) is 0.260. The Morgan fingerprint density at radius 1 is 1.10 bits per heavy atom. The van der Waals surface area contributed by atoms with Gasteiger partial charge in [-0.25, -0.2) is 19.1 Å². The van der Waals surface area contributed by atoms with E-state index in [9.17, 15) is 9.59 Å². The summed E-state index contributed by atoms with van der Waals surface area (Å²) in [5.74, 6) is 0.261. The van der Waals surface area contributed by atoms with Gasteiger partial charge >= 0.3 is 12.1 Å².